The molecule has 0 aliphatic carbocycles. The number of ether oxygens (including phenoxy) is 1. The van der Waals surface area contributed by atoms with Crippen LogP contribution in [0.3, 0.4) is 0 Å². The van der Waals surface area contributed by atoms with E-state index in [1.807, 2.05) is 45.0 Å². The Morgan fingerprint density at radius 1 is 1.21 bits per heavy atom. The van der Waals surface area contributed by atoms with Gasteiger partial charge in [0.1, 0.15) is 5.75 Å². The number of carbonyl (C=O) groups is 1. The third kappa shape index (κ3) is 4.76. The number of nitrogens with two attached hydrogens (primary N) is 1. The van der Waals surface area contributed by atoms with Crippen LogP contribution >= 0.6 is 12.4 Å². The Morgan fingerprint density at radius 3 is 2.57 bits per heavy atom. The molecule has 28 heavy (non-hydrogen) atoms. The van der Waals surface area contributed by atoms with Crippen LogP contribution < -0.4 is 15.8 Å². The molecule has 0 aliphatic heterocycles. The maximum atomic E-state index is 12.3. The number of hydrogen-bond acceptors (Lipinski definition) is 6. The van der Waals surface area contributed by atoms with Crippen molar-refractivity contribution >= 4 is 29.8 Å². The van der Waals surface area contributed by atoms with E-state index in [0.29, 0.717) is 31.1 Å². The molecule has 0 fully saturated rings. The zero-order valence-corrected chi connectivity index (χ0v) is 17.0. The number of fused-ring (bicyclic) bond motifs is 1. The Kier molecular flexibility index (Phi) is 7.31. The van der Waals surface area contributed by atoms with E-state index in [0.717, 1.165) is 28.4 Å². The van der Waals surface area contributed by atoms with Crippen LogP contribution in [-0.4, -0.2) is 32.1 Å². The minimum absolute atomic E-state index is 0. The summed E-state index contributed by atoms with van der Waals surface area (Å²) < 4.78 is 7.09. The predicted octanol–water partition coefficient (Wildman–Crippen LogP) is 2.59. The van der Waals surface area contributed by atoms with Gasteiger partial charge in [0.25, 0.3) is 5.78 Å². The van der Waals surface area contributed by atoms with Crippen LogP contribution in [0.4, 0.5) is 5.69 Å². The van der Waals surface area contributed by atoms with E-state index in [1.54, 1.807) is 4.52 Å². The molecule has 3 N–H and O–H groups in total. The van der Waals surface area contributed by atoms with Gasteiger partial charge in [-0.1, -0.05) is 0 Å². The lowest BCUT2D eigenvalue weighted by Crippen LogP contribution is -2.14. The third-order valence-electron chi connectivity index (χ3n) is 4.33. The molecule has 0 saturated carbocycles. The zero-order valence-electron chi connectivity index (χ0n) is 16.2. The summed E-state index contributed by atoms with van der Waals surface area (Å²) in [5.74, 6) is 1.81. The van der Waals surface area contributed by atoms with E-state index in [-0.39, 0.29) is 24.9 Å². The van der Waals surface area contributed by atoms with Gasteiger partial charge in [0.05, 0.1) is 13.2 Å². The topological polar surface area (TPSA) is 107 Å². The van der Waals surface area contributed by atoms with E-state index in [4.69, 9.17) is 10.5 Å². The Hall–Kier alpha value is -2.71. The van der Waals surface area contributed by atoms with Gasteiger partial charge in [-0.15, -0.1) is 17.5 Å². The van der Waals surface area contributed by atoms with Crippen LogP contribution in [0.25, 0.3) is 5.78 Å². The number of anilines is 1. The molecule has 8 nitrogen and oxygen atoms in total. The van der Waals surface area contributed by atoms with Crippen molar-refractivity contribution in [2.45, 2.75) is 40.2 Å². The maximum Gasteiger partial charge on any atom is 0.252 e. The first kappa shape index (κ1) is 21.6. The Morgan fingerprint density at radius 2 is 1.93 bits per heavy atom. The Labute approximate surface area is 169 Å². The van der Waals surface area contributed by atoms with Gasteiger partial charge >= 0.3 is 0 Å². The molecule has 0 radical (unpaired) electrons. The molecule has 2 aromatic heterocycles. The van der Waals surface area contributed by atoms with E-state index < -0.39 is 0 Å². The molecular weight excluding hydrogens is 380 g/mol. The number of amides is 1. The van der Waals surface area contributed by atoms with Crippen molar-refractivity contribution in [3.8, 4) is 5.75 Å². The van der Waals surface area contributed by atoms with Gasteiger partial charge < -0.3 is 15.8 Å². The van der Waals surface area contributed by atoms with E-state index >= 15 is 0 Å². The molecule has 9 heteroatoms. The molecule has 3 rings (SSSR count). The summed E-state index contributed by atoms with van der Waals surface area (Å²) >= 11 is 0. The number of benzene rings is 1. The monoisotopic (exact) mass is 404 g/mol. The number of hydrogen-bond donors (Lipinski definition) is 2. The average Bonchev–Trinajstić information content (AvgIpc) is 3.06. The van der Waals surface area contributed by atoms with Crippen molar-refractivity contribution in [1.82, 2.24) is 19.6 Å². The van der Waals surface area contributed by atoms with E-state index in [9.17, 15) is 4.79 Å². The largest absolute Gasteiger partial charge is 0.494 e. The highest BCUT2D eigenvalue weighted by Gasteiger charge is 2.14. The molecule has 1 aromatic carbocycles. The second kappa shape index (κ2) is 9.48. The fourth-order valence-electron chi connectivity index (χ4n) is 2.96. The van der Waals surface area contributed by atoms with Crippen LogP contribution in [0.1, 0.15) is 36.1 Å². The second-order valence-electron chi connectivity index (χ2n) is 6.21. The number of rotatable bonds is 7. The lowest BCUT2D eigenvalue weighted by Gasteiger charge is -2.11. The number of halogens is 1. The molecule has 0 unspecified atom stereocenters. The summed E-state index contributed by atoms with van der Waals surface area (Å²) in [6.07, 6.45) is 0.918. The van der Waals surface area contributed by atoms with Crippen molar-refractivity contribution in [2.75, 3.05) is 11.9 Å². The van der Waals surface area contributed by atoms with Gasteiger partial charge in [0.2, 0.25) is 5.91 Å². The molecule has 0 spiro atoms. The number of nitrogens with zero attached hydrogens (tertiary/aromatic N) is 4. The summed E-state index contributed by atoms with van der Waals surface area (Å²) in [4.78, 5) is 21.1. The minimum Gasteiger partial charge on any atom is -0.494 e. The van der Waals surface area contributed by atoms with Crippen LogP contribution in [0.15, 0.2) is 24.3 Å². The first-order chi connectivity index (χ1) is 13.0. The standard InChI is InChI=1S/C19H24N6O2.ClH/c1-4-27-15-7-5-14(6-8-15)22-18(26)10-9-16-12(2)21-19-23-17(11-20)24-25(19)13(16)3;/h5-8H,4,9-11,20H2,1-3H3,(H,22,26);1H. The van der Waals surface area contributed by atoms with Gasteiger partial charge in [0.15, 0.2) is 5.82 Å². The van der Waals surface area contributed by atoms with Crippen molar-refractivity contribution in [3.63, 3.8) is 0 Å². The molecule has 0 atom stereocenters. The molecule has 1 amide bonds. The van der Waals surface area contributed by atoms with Crippen LogP contribution in [-0.2, 0) is 17.8 Å². The highest BCUT2D eigenvalue weighted by molar-refractivity contribution is 5.90. The van der Waals surface area contributed by atoms with Gasteiger partial charge in [-0.3, -0.25) is 4.79 Å². The van der Waals surface area contributed by atoms with Gasteiger partial charge in [0, 0.05) is 23.5 Å². The lowest BCUT2D eigenvalue weighted by molar-refractivity contribution is -0.116. The Bertz CT molecular complexity index is 955. The second-order valence-corrected chi connectivity index (χ2v) is 6.21. The van der Waals surface area contributed by atoms with E-state index in [1.165, 1.54) is 0 Å². The van der Waals surface area contributed by atoms with Crippen LogP contribution in [0.5, 0.6) is 5.75 Å². The first-order valence-corrected chi connectivity index (χ1v) is 8.96. The molecule has 0 aliphatic rings. The van der Waals surface area contributed by atoms with Crippen LogP contribution in [0, 0.1) is 13.8 Å². The van der Waals surface area contributed by atoms with Crippen molar-refractivity contribution in [2.24, 2.45) is 5.73 Å². The highest BCUT2D eigenvalue weighted by Crippen LogP contribution is 2.18. The fraction of sp³-hybridized carbons (Fsp3) is 0.368. The van der Waals surface area contributed by atoms with Gasteiger partial charge in [-0.05, 0) is 57.0 Å². The fourth-order valence-corrected chi connectivity index (χ4v) is 2.96. The normalized spacial score (nSPS) is 10.6. The summed E-state index contributed by atoms with van der Waals surface area (Å²) in [7, 11) is 0. The molecular formula is C19H25ClN6O2. The minimum atomic E-state index is -0.0562. The number of aryl methyl sites for hydroxylation is 2. The molecule has 2 heterocycles. The molecule has 0 saturated heterocycles. The maximum absolute atomic E-state index is 12.3. The summed E-state index contributed by atoms with van der Waals surface area (Å²) in [6.45, 7) is 6.69. The SMILES string of the molecule is CCOc1ccc(NC(=O)CCc2c(C)nc3nc(CN)nn3c2C)cc1.Cl. The zero-order chi connectivity index (χ0) is 19.4. The molecule has 3 aromatic rings. The number of nitrogens with one attached hydrogen (secondary N) is 1. The predicted molar refractivity (Wildman–Crippen MR) is 110 cm³/mol. The Balaban J connectivity index is 0.00000280. The van der Waals surface area contributed by atoms with Crippen LogP contribution in [0.2, 0.25) is 0 Å². The summed E-state index contributed by atoms with van der Waals surface area (Å²) in [5, 5.41) is 7.26. The van der Waals surface area contributed by atoms with Crippen molar-refractivity contribution in [3.05, 3.63) is 47.0 Å². The number of aromatic nitrogens is 4. The lowest BCUT2D eigenvalue weighted by atomic mass is 10.1. The molecule has 150 valence electrons. The van der Waals surface area contributed by atoms with Crippen molar-refractivity contribution in [1.29, 1.82) is 0 Å². The number of carbonyl (C=O) groups excluding carboxylic acids is 1. The third-order valence-corrected chi connectivity index (χ3v) is 4.33. The smallest absolute Gasteiger partial charge is 0.252 e. The quantitative estimate of drug-likeness (QED) is 0.626. The average molecular weight is 405 g/mol. The van der Waals surface area contributed by atoms with Gasteiger partial charge in [-0.2, -0.15) is 4.98 Å². The summed E-state index contributed by atoms with van der Waals surface area (Å²) in [6, 6.07) is 7.34. The van der Waals surface area contributed by atoms with Gasteiger partial charge in [-0.25, -0.2) is 9.50 Å². The summed E-state index contributed by atoms with van der Waals surface area (Å²) in [5.41, 5.74) is 9.13. The highest BCUT2D eigenvalue weighted by atomic mass is 35.5. The van der Waals surface area contributed by atoms with E-state index in [2.05, 4.69) is 20.4 Å². The van der Waals surface area contributed by atoms with Crippen molar-refractivity contribution < 1.29 is 9.53 Å². The molecule has 0 bridgehead atoms. The first-order valence-electron chi connectivity index (χ1n) is 8.96.